The Labute approximate surface area is 311 Å². The number of anilines is 1. The molecule has 6 nitrogen and oxygen atoms in total. The second-order valence-corrected chi connectivity index (χ2v) is 13.6. The Morgan fingerprint density at radius 2 is 1.09 bits per heavy atom. The highest BCUT2D eigenvalue weighted by molar-refractivity contribution is 6.37. The molecule has 258 valence electrons. The van der Waals surface area contributed by atoms with E-state index in [-0.39, 0.29) is 22.7 Å². The molecule has 0 saturated carbocycles. The molecule has 2 amide bonds. The van der Waals surface area contributed by atoms with E-state index in [2.05, 4.69) is 0 Å². The summed E-state index contributed by atoms with van der Waals surface area (Å²) in [5, 5.41) is 1.69. The number of nitrogens with zero attached hydrogens (tertiary/aromatic N) is 2. The lowest BCUT2D eigenvalue weighted by atomic mass is 9.93. The zero-order valence-corrected chi connectivity index (χ0v) is 29.5. The summed E-state index contributed by atoms with van der Waals surface area (Å²) in [5.41, 5.74) is 8.83. The summed E-state index contributed by atoms with van der Waals surface area (Å²) in [6.45, 7) is 3.45. The van der Waals surface area contributed by atoms with Gasteiger partial charge in [0, 0.05) is 33.0 Å². The molecule has 1 aliphatic rings. The molecule has 0 spiro atoms. The van der Waals surface area contributed by atoms with Gasteiger partial charge in [-0.2, -0.15) is 0 Å². The van der Waals surface area contributed by atoms with Gasteiger partial charge in [0.2, 0.25) is 0 Å². The van der Waals surface area contributed by atoms with Crippen molar-refractivity contribution in [3.63, 3.8) is 0 Å². The van der Waals surface area contributed by atoms with Gasteiger partial charge in [-0.25, -0.2) is 4.90 Å². The van der Waals surface area contributed by atoms with Crippen LogP contribution < -0.4 is 4.90 Å². The molecule has 2 heterocycles. The number of ketones is 2. The summed E-state index contributed by atoms with van der Waals surface area (Å²) in [5.74, 6) is -1.12. The van der Waals surface area contributed by atoms with Gasteiger partial charge >= 0.3 is 0 Å². The Morgan fingerprint density at radius 3 is 1.74 bits per heavy atom. The Balaban J connectivity index is 1.27. The van der Waals surface area contributed by atoms with E-state index in [1.54, 1.807) is 36.4 Å². The van der Waals surface area contributed by atoms with Gasteiger partial charge in [-0.1, -0.05) is 121 Å². The lowest BCUT2D eigenvalue weighted by Gasteiger charge is -2.23. The number of amides is 2. The minimum Gasteiger partial charge on any atom is -0.308 e. The number of carbonyl (C=O) groups is 4. The van der Waals surface area contributed by atoms with Crippen LogP contribution in [0.25, 0.3) is 49.7 Å². The van der Waals surface area contributed by atoms with Crippen LogP contribution in [0.3, 0.4) is 0 Å². The van der Waals surface area contributed by atoms with E-state index in [1.807, 2.05) is 133 Å². The van der Waals surface area contributed by atoms with Crippen LogP contribution in [-0.2, 0) is 0 Å². The Kier molecular flexibility index (Phi) is 7.75. The number of fused-ring (bicyclic) bond motifs is 4. The van der Waals surface area contributed by atoms with Gasteiger partial charge in [0.1, 0.15) is 0 Å². The first-order valence-corrected chi connectivity index (χ1v) is 17.8. The molecule has 0 N–H and O–H groups in total. The van der Waals surface area contributed by atoms with E-state index in [0.717, 1.165) is 38.6 Å². The fourth-order valence-corrected chi connectivity index (χ4v) is 7.76. The predicted octanol–water partition coefficient (Wildman–Crippen LogP) is 10.7. The van der Waals surface area contributed by atoms with Crippen LogP contribution in [0.5, 0.6) is 0 Å². The molecule has 0 radical (unpaired) electrons. The van der Waals surface area contributed by atoms with Crippen molar-refractivity contribution in [2.75, 3.05) is 4.90 Å². The van der Waals surface area contributed by atoms with Gasteiger partial charge in [-0.05, 0) is 72.5 Å². The summed E-state index contributed by atoms with van der Waals surface area (Å²) >= 11 is 0. The van der Waals surface area contributed by atoms with E-state index in [9.17, 15) is 14.4 Å². The number of aryl methyl sites for hydroxylation is 1. The molecule has 8 aromatic rings. The summed E-state index contributed by atoms with van der Waals surface area (Å²) in [6, 6.07) is 49.3. The van der Waals surface area contributed by atoms with Crippen LogP contribution in [0, 0.1) is 6.92 Å². The van der Waals surface area contributed by atoms with Gasteiger partial charge in [-0.3, -0.25) is 19.2 Å². The standard InChI is InChI=1S/C48H32N2O4/c1-29-25-36(31-13-6-3-7-14-31)26-40(32-15-8-4-9-16-32)45(29)50-47(53)39-19-12-20-41(44(39)48(50)54)49-42-27-34(30(2)51)21-23-37(42)38-24-22-35(28-43(38)49)46(52)33-17-10-5-11-18-33/h3-28H,1-2H3. The number of benzene rings is 7. The predicted molar refractivity (Wildman–Crippen MR) is 214 cm³/mol. The monoisotopic (exact) mass is 700 g/mol. The first kappa shape index (κ1) is 32.7. The van der Waals surface area contributed by atoms with Crippen molar-refractivity contribution >= 4 is 50.9 Å². The third-order valence-corrected chi connectivity index (χ3v) is 10.3. The summed E-state index contributed by atoms with van der Waals surface area (Å²) in [4.78, 5) is 57.3. The molecule has 6 heteroatoms. The smallest absolute Gasteiger partial charge is 0.268 e. The minimum absolute atomic E-state index is 0.104. The molecule has 54 heavy (non-hydrogen) atoms. The van der Waals surface area contributed by atoms with Gasteiger partial charge in [0.15, 0.2) is 11.6 Å². The molecule has 0 saturated heterocycles. The topological polar surface area (TPSA) is 76.5 Å². The molecule has 0 unspecified atom stereocenters. The largest absolute Gasteiger partial charge is 0.308 e. The van der Waals surface area contributed by atoms with Gasteiger partial charge in [0.05, 0.1) is 33.5 Å². The second kappa shape index (κ2) is 12.8. The molecule has 9 rings (SSSR count). The molecule has 0 fully saturated rings. The van der Waals surface area contributed by atoms with Crippen LogP contribution in [0.4, 0.5) is 5.69 Å². The van der Waals surface area contributed by atoms with E-state index < -0.39 is 11.8 Å². The lowest BCUT2D eigenvalue weighted by molar-refractivity contribution is 0.0923. The number of aromatic nitrogens is 1. The zero-order valence-electron chi connectivity index (χ0n) is 29.5. The van der Waals surface area contributed by atoms with E-state index in [1.165, 1.54) is 11.8 Å². The number of hydrogen-bond acceptors (Lipinski definition) is 4. The SMILES string of the molecule is CC(=O)c1ccc2c3ccc(C(=O)c4ccccc4)cc3n(-c3cccc4c3C(=O)N(c3c(C)cc(-c5ccccc5)cc3-c3ccccc3)C4=O)c2c1. The molecule has 1 aliphatic heterocycles. The molecular formula is C48H32N2O4. The maximum absolute atomic E-state index is 15.0. The normalized spacial score (nSPS) is 12.4. The molecule has 0 aliphatic carbocycles. The Hall–Kier alpha value is -7.18. The highest BCUT2D eigenvalue weighted by Gasteiger charge is 2.41. The van der Waals surface area contributed by atoms with Crippen LogP contribution in [0.15, 0.2) is 158 Å². The molecule has 0 atom stereocenters. The van der Waals surface area contributed by atoms with Crippen molar-refractivity contribution in [1.29, 1.82) is 0 Å². The zero-order chi connectivity index (χ0) is 37.1. The Bertz CT molecular complexity index is 2860. The van der Waals surface area contributed by atoms with Crippen molar-refractivity contribution in [3.8, 4) is 27.9 Å². The fourth-order valence-electron chi connectivity index (χ4n) is 7.76. The van der Waals surface area contributed by atoms with Gasteiger partial charge in [-0.15, -0.1) is 0 Å². The highest BCUT2D eigenvalue weighted by Crippen LogP contribution is 2.43. The lowest BCUT2D eigenvalue weighted by Crippen LogP contribution is -2.31. The third kappa shape index (κ3) is 5.19. The molecule has 0 bridgehead atoms. The highest BCUT2D eigenvalue weighted by atomic mass is 16.2. The van der Waals surface area contributed by atoms with Crippen LogP contribution in [-0.4, -0.2) is 27.9 Å². The fraction of sp³-hybridized carbons (Fsp3) is 0.0417. The quantitative estimate of drug-likeness (QED) is 0.122. The molecular weight excluding hydrogens is 669 g/mol. The first-order valence-electron chi connectivity index (χ1n) is 17.8. The summed E-state index contributed by atoms with van der Waals surface area (Å²) < 4.78 is 1.91. The van der Waals surface area contributed by atoms with Crippen molar-refractivity contribution in [1.82, 2.24) is 4.57 Å². The average molecular weight is 701 g/mol. The van der Waals surface area contributed by atoms with Crippen molar-refractivity contribution in [2.24, 2.45) is 0 Å². The van der Waals surface area contributed by atoms with Crippen molar-refractivity contribution < 1.29 is 19.2 Å². The first-order chi connectivity index (χ1) is 26.3. The maximum Gasteiger partial charge on any atom is 0.268 e. The number of imide groups is 1. The Morgan fingerprint density at radius 1 is 0.500 bits per heavy atom. The third-order valence-electron chi connectivity index (χ3n) is 10.3. The maximum atomic E-state index is 15.0. The van der Waals surface area contributed by atoms with Crippen LogP contribution in [0.2, 0.25) is 0 Å². The van der Waals surface area contributed by atoms with E-state index >= 15 is 4.79 Å². The second-order valence-electron chi connectivity index (χ2n) is 13.6. The number of hydrogen-bond donors (Lipinski definition) is 0. The molecule has 7 aromatic carbocycles. The van der Waals surface area contributed by atoms with Gasteiger partial charge < -0.3 is 4.57 Å². The number of rotatable bonds is 7. The van der Waals surface area contributed by atoms with Crippen LogP contribution >= 0.6 is 0 Å². The molecule has 1 aromatic heterocycles. The minimum atomic E-state index is -0.451. The van der Waals surface area contributed by atoms with Gasteiger partial charge in [0.25, 0.3) is 11.8 Å². The van der Waals surface area contributed by atoms with Crippen molar-refractivity contribution in [2.45, 2.75) is 13.8 Å². The summed E-state index contributed by atoms with van der Waals surface area (Å²) in [7, 11) is 0. The van der Waals surface area contributed by atoms with Crippen molar-refractivity contribution in [3.05, 3.63) is 191 Å². The number of carbonyl (C=O) groups excluding carboxylic acids is 4. The van der Waals surface area contributed by atoms with E-state index in [4.69, 9.17) is 0 Å². The van der Waals surface area contributed by atoms with Crippen LogP contribution in [0.1, 0.15) is 59.5 Å². The number of Topliss-reactive ketones (excluding diaryl/α,β-unsaturated/α-hetero) is 1. The average Bonchev–Trinajstić information content (AvgIpc) is 3.67. The summed E-state index contributed by atoms with van der Waals surface area (Å²) in [6.07, 6.45) is 0. The van der Waals surface area contributed by atoms with E-state index in [0.29, 0.717) is 39.1 Å².